The molecule has 5 unspecified atom stereocenters. The molecule has 0 bridgehead atoms. The molecule has 306 valence electrons. The van der Waals surface area contributed by atoms with Crippen molar-refractivity contribution in [2.45, 2.75) is 83.2 Å². The molecular formula is C45H43FN2O11. The topological polar surface area (TPSA) is 179 Å². The summed E-state index contributed by atoms with van der Waals surface area (Å²) >= 11 is 0. The number of carbonyl (C=O) groups excluding carboxylic acids is 5. The highest BCUT2D eigenvalue weighted by molar-refractivity contribution is 6.03. The van der Waals surface area contributed by atoms with Crippen molar-refractivity contribution in [2.75, 3.05) is 11.5 Å². The Kier molecular flexibility index (Phi) is 13.2. The van der Waals surface area contributed by atoms with E-state index in [9.17, 15) is 38.7 Å². The molecule has 0 aromatic heterocycles. The molecule has 0 radical (unpaired) electrons. The molecular weight excluding hydrogens is 763 g/mol. The Morgan fingerprint density at radius 2 is 1.41 bits per heavy atom. The molecule has 4 aromatic rings. The number of hydrogen-bond donors (Lipinski definition) is 1. The normalized spacial score (nSPS) is 22.9. The van der Waals surface area contributed by atoms with Crippen LogP contribution in [-0.2, 0) is 47.7 Å². The molecule has 4 aromatic carbocycles. The summed E-state index contributed by atoms with van der Waals surface area (Å²) in [5.41, 5.74) is 4.47. The molecule has 2 heterocycles. The number of aliphatic hydroxyl groups is 1. The summed E-state index contributed by atoms with van der Waals surface area (Å²) < 4.78 is 41.9. The lowest BCUT2D eigenvalue weighted by Gasteiger charge is -2.48. The first-order valence-electron chi connectivity index (χ1n) is 19.0. The van der Waals surface area contributed by atoms with E-state index in [1.54, 1.807) is 41.3 Å². The van der Waals surface area contributed by atoms with E-state index in [4.69, 9.17) is 23.7 Å². The van der Waals surface area contributed by atoms with E-state index in [0.29, 0.717) is 28.8 Å². The van der Waals surface area contributed by atoms with Crippen molar-refractivity contribution in [1.29, 1.82) is 5.26 Å². The minimum absolute atomic E-state index is 0.132. The highest BCUT2D eigenvalue weighted by Gasteiger charge is 2.53. The number of hydrogen-bond acceptors (Lipinski definition) is 12. The van der Waals surface area contributed by atoms with Gasteiger partial charge in [0.25, 0.3) is 0 Å². The average Bonchev–Trinajstić information content (AvgIpc) is 3.20. The molecule has 2 aliphatic heterocycles. The van der Waals surface area contributed by atoms with Gasteiger partial charge in [0.1, 0.15) is 24.6 Å². The minimum Gasteiger partial charge on any atom is -0.463 e. The highest BCUT2D eigenvalue weighted by Crippen LogP contribution is 2.47. The van der Waals surface area contributed by atoms with Crippen LogP contribution >= 0.6 is 0 Å². The number of nitriles is 1. The number of ether oxygens (including phenoxy) is 5. The van der Waals surface area contributed by atoms with Gasteiger partial charge >= 0.3 is 23.9 Å². The zero-order valence-corrected chi connectivity index (χ0v) is 32.8. The maximum atomic E-state index is 13.7. The number of amides is 1. The molecule has 0 aliphatic carbocycles. The van der Waals surface area contributed by atoms with Gasteiger partial charge in [0.2, 0.25) is 5.91 Å². The number of β-lactam (4-membered cyclic amide) rings is 1. The standard InChI is InChI=1S/C45H43FN2O11/c1-25(49)55-24-39-42(56-26(2)50)44(58-28(4)52)43(57-27(3)51)41(59-39)34-7-5-6-33(22-34)30-10-12-32(13-11-30)40-37(20-21-38(53)31-14-16-35(46)17-15-31)45(54)48(40)36-18-8-29(23-47)9-19-36/h5-19,22,37-44,53H,20-21,24H2,1-4H3/t37-,38+,39?,40-,41?,42?,43?,44?/m1/s1. The molecule has 1 amide bonds. The lowest BCUT2D eigenvalue weighted by atomic mass is 9.78. The Morgan fingerprint density at radius 1 is 0.780 bits per heavy atom. The van der Waals surface area contributed by atoms with Crippen LogP contribution < -0.4 is 4.90 Å². The van der Waals surface area contributed by atoms with Crippen molar-refractivity contribution in [3.8, 4) is 17.2 Å². The number of aliphatic hydroxyl groups excluding tert-OH is 1. The summed E-state index contributed by atoms with van der Waals surface area (Å²) in [4.78, 5) is 64.2. The average molecular weight is 807 g/mol. The van der Waals surface area contributed by atoms with Crippen LogP contribution in [0.5, 0.6) is 0 Å². The van der Waals surface area contributed by atoms with Crippen LogP contribution in [0, 0.1) is 23.1 Å². The van der Waals surface area contributed by atoms with E-state index >= 15 is 0 Å². The number of esters is 4. The molecule has 2 fully saturated rings. The second-order valence-corrected chi connectivity index (χ2v) is 14.4. The van der Waals surface area contributed by atoms with Gasteiger partial charge in [0.05, 0.1) is 29.7 Å². The third-order valence-corrected chi connectivity index (χ3v) is 10.3. The van der Waals surface area contributed by atoms with E-state index < -0.39 is 78.3 Å². The van der Waals surface area contributed by atoms with E-state index in [-0.39, 0.29) is 18.9 Å². The highest BCUT2D eigenvalue weighted by atomic mass is 19.1. The molecule has 8 atom stereocenters. The fourth-order valence-electron chi connectivity index (χ4n) is 7.65. The van der Waals surface area contributed by atoms with Crippen molar-refractivity contribution in [2.24, 2.45) is 5.92 Å². The monoisotopic (exact) mass is 806 g/mol. The van der Waals surface area contributed by atoms with Gasteiger partial charge in [0, 0.05) is 33.4 Å². The van der Waals surface area contributed by atoms with Crippen LogP contribution in [0.2, 0.25) is 0 Å². The molecule has 6 rings (SSSR count). The summed E-state index contributed by atoms with van der Waals surface area (Å²) in [6.07, 6.45) is -6.33. The van der Waals surface area contributed by atoms with Gasteiger partial charge in [-0.05, 0) is 83.1 Å². The van der Waals surface area contributed by atoms with Gasteiger partial charge in [-0.2, -0.15) is 5.26 Å². The number of halogens is 1. The molecule has 2 aliphatic rings. The first kappa shape index (κ1) is 42.2. The Morgan fingerprint density at radius 3 is 2.02 bits per heavy atom. The molecule has 2 saturated heterocycles. The summed E-state index contributed by atoms with van der Waals surface area (Å²) in [5.74, 6) is -3.81. The van der Waals surface area contributed by atoms with Crippen molar-refractivity contribution in [1.82, 2.24) is 0 Å². The van der Waals surface area contributed by atoms with Gasteiger partial charge in [-0.15, -0.1) is 0 Å². The van der Waals surface area contributed by atoms with Crippen molar-refractivity contribution in [3.63, 3.8) is 0 Å². The summed E-state index contributed by atoms with van der Waals surface area (Å²) in [5, 5.41) is 20.2. The lowest BCUT2D eigenvalue weighted by Crippen LogP contribution is -2.59. The van der Waals surface area contributed by atoms with Crippen LogP contribution in [0.1, 0.15) is 81.0 Å². The Labute approximate surface area is 340 Å². The van der Waals surface area contributed by atoms with Gasteiger partial charge in [0.15, 0.2) is 18.3 Å². The van der Waals surface area contributed by atoms with E-state index in [1.807, 2.05) is 36.4 Å². The van der Waals surface area contributed by atoms with Crippen LogP contribution in [0.15, 0.2) is 97.1 Å². The number of nitrogens with zero attached hydrogens (tertiary/aromatic N) is 2. The molecule has 59 heavy (non-hydrogen) atoms. The third-order valence-electron chi connectivity index (χ3n) is 10.3. The van der Waals surface area contributed by atoms with Crippen LogP contribution in [0.3, 0.4) is 0 Å². The van der Waals surface area contributed by atoms with Gasteiger partial charge < -0.3 is 33.7 Å². The van der Waals surface area contributed by atoms with Crippen molar-refractivity contribution < 1.29 is 57.2 Å². The van der Waals surface area contributed by atoms with Crippen LogP contribution in [0.25, 0.3) is 11.1 Å². The van der Waals surface area contributed by atoms with E-state index in [2.05, 4.69) is 6.07 Å². The SMILES string of the molecule is CC(=O)OCC1OC(c2cccc(-c3ccc([C@@H]4[C@@H](CC[C@H](O)c5ccc(F)cc5)C(=O)N4c4ccc(C#N)cc4)cc3)c2)C(OC(C)=O)C(OC(C)=O)C1OC(C)=O. The second-order valence-electron chi connectivity index (χ2n) is 14.4. The number of carbonyl (C=O) groups is 5. The summed E-state index contributed by atoms with van der Waals surface area (Å²) in [7, 11) is 0. The summed E-state index contributed by atoms with van der Waals surface area (Å²) in [6, 6.07) is 28.8. The molecule has 13 nitrogen and oxygen atoms in total. The summed E-state index contributed by atoms with van der Waals surface area (Å²) in [6.45, 7) is 4.35. The zero-order valence-electron chi connectivity index (χ0n) is 32.8. The Balaban J connectivity index is 1.30. The minimum atomic E-state index is -1.32. The smallest absolute Gasteiger partial charge is 0.303 e. The van der Waals surface area contributed by atoms with E-state index in [0.717, 1.165) is 30.5 Å². The third kappa shape index (κ3) is 9.82. The first-order chi connectivity index (χ1) is 28.2. The quantitative estimate of drug-likeness (QED) is 0.0897. The molecule has 0 saturated carbocycles. The van der Waals surface area contributed by atoms with Gasteiger partial charge in [-0.1, -0.05) is 54.6 Å². The Hall–Kier alpha value is -6.43. The van der Waals surface area contributed by atoms with Gasteiger partial charge in [-0.25, -0.2) is 4.39 Å². The van der Waals surface area contributed by atoms with Crippen LogP contribution in [0.4, 0.5) is 10.1 Å². The van der Waals surface area contributed by atoms with Crippen molar-refractivity contribution in [3.05, 3.63) is 125 Å². The lowest BCUT2D eigenvalue weighted by molar-refractivity contribution is -0.254. The number of benzene rings is 4. The maximum absolute atomic E-state index is 13.7. The van der Waals surface area contributed by atoms with Crippen molar-refractivity contribution >= 4 is 35.5 Å². The molecule has 1 N–H and O–H groups in total. The molecule has 14 heteroatoms. The Bertz CT molecular complexity index is 2220. The fourth-order valence-corrected chi connectivity index (χ4v) is 7.65. The predicted molar refractivity (Wildman–Crippen MR) is 208 cm³/mol. The maximum Gasteiger partial charge on any atom is 0.303 e. The second kappa shape index (κ2) is 18.4. The first-order valence-corrected chi connectivity index (χ1v) is 19.0. The van der Waals surface area contributed by atoms with E-state index in [1.165, 1.54) is 38.1 Å². The predicted octanol–water partition coefficient (Wildman–Crippen LogP) is 6.38. The molecule has 0 spiro atoms. The fraction of sp³-hybridized carbons (Fsp3) is 0.333. The van der Waals surface area contributed by atoms with Crippen LogP contribution in [-0.4, -0.2) is 65.9 Å². The largest absolute Gasteiger partial charge is 0.463 e. The van der Waals surface area contributed by atoms with Gasteiger partial charge in [-0.3, -0.25) is 24.0 Å². The zero-order chi connectivity index (χ0) is 42.4. The number of rotatable bonds is 13. The number of anilines is 1.